The third-order valence-corrected chi connectivity index (χ3v) is 4.14. The third-order valence-electron chi connectivity index (χ3n) is 4.14. The minimum absolute atomic E-state index is 0.701. The van der Waals surface area contributed by atoms with Crippen LogP contribution >= 0.6 is 0 Å². The van der Waals surface area contributed by atoms with Crippen LogP contribution in [0.4, 0.5) is 11.5 Å². The van der Waals surface area contributed by atoms with Gasteiger partial charge in [-0.2, -0.15) is 5.10 Å². The van der Waals surface area contributed by atoms with Crippen molar-refractivity contribution in [2.45, 2.75) is 24.7 Å². The van der Waals surface area contributed by atoms with Crippen LogP contribution in [0.25, 0.3) is 0 Å². The first-order valence-corrected chi connectivity index (χ1v) is 6.71. The van der Waals surface area contributed by atoms with Crippen LogP contribution in [0, 0.1) is 0 Å². The van der Waals surface area contributed by atoms with Crippen molar-refractivity contribution in [2.75, 3.05) is 5.32 Å². The van der Waals surface area contributed by atoms with Gasteiger partial charge >= 0.3 is 5.97 Å². The van der Waals surface area contributed by atoms with Crippen molar-refractivity contribution < 1.29 is 9.90 Å². The summed E-state index contributed by atoms with van der Waals surface area (Å²) in [4.78, 5) is 11.7. The molecule has 3 rings (SSSR count). The zero-order chi connectivity index (χ0) is 14.2. The molecule has 1 fully saturated rings. The smallest absolute Gasteiger partial charge is 0.314 e. The fourth-order valence-electron chi connectivity index (χ4n) is 2.77. The van der Waals surface area contributed by atoms with Crippen molar-refractivity contribution in [3.63, 3.8) is 0 Å². The summed E-state index contributed by atoms with van der Waals surface area (Å²) in [6.07, 6.45) is 4.08. The highest BCUT2D eigenvalue weighted by Crippen LogP contribution is 2.47. The normalized spacial score (nSPS) is 16.4. The number of hydrogen-bond donors (Lipinski definition) is 2. The van der Waals surface area contributed by atoms with Crippen molar-refractivity contribution in [2.24, 2.45) is 7.05 Å². The van der Waals surface area contributed by atoms with E-state index in [1.165, 1.54) is 0 Å². The first-order valence-electron chi connectivity index (χ1n) is 6.71. The molecule has 1 aromatic carbocycles. The molecule has 1 aliphatic carbocycles. The molecule has 0 saturated heterocycles. The predicted octanol–water partition coefficient (Wildman–Crippen LogP) is 2.67. The first kappa shape index (κ1) is 12.7. The summed E-state index contributed by atoms with van der Waals surface area (Å²) in [7, 11) is 1.85. The standard InChI is InChI=1S/C15H17N3O2/c1-18-13(7-10-16-18)17-12-6-3-2-5-11(12)15(14(19)20)8-4-9-15/h2-3,5-7,10,17H,4,8-9H2,1H3,(H,19,20). The first-order chi connectivity index (χ1) is 9.63. The van der Waals surface area contributed by atoms with E-state index in [2.05, 4.69) is 10.4 Å². The molecule has 0 radical (unpaired) electrons. The lowest BCUT2D eigenvalue weighted by Gasteiger charge is -2.39. The number of aliphatic carboxylic acids is 1. The Hall–Kier alpha value is -2.30. The van der Waals surface area contributed by atoms with E-state index in [0.717, 1.165) is 23.5 Å². The molecule has 1 saturated carbocycles. The number of nitrogens with zero attached hydrogens (tertiary/aromatic N) is 2. The monoisotopic (exact) mass is 271 g/mol. The van der Waals surface area contributed by atoms with Gasteiger partial charge in [0.05, 0.1) is 11.6 Å². The van der Waals surface area contributed by atoms with Crippen molar-refractivity contribution in [1.29, 1.82) is 0 Å². The summed E-state index contributed by atoms with van der Waals surface area (Å²) in [5.74, 6) is 0.111. The third kappa shape index (κ3) is 1.86. The number of rotatable bonds is 4. The van der Waals surface area contributed by atoms with Gasteiger partial charge in [0.25, 0.3) is 0 Å². The second-order valence-corrected chi connectivity index (χ2v) is 5.25. The highest BCUT2D eigenvalue weighted by molar-refractivity contribution is 5.85. The topological polar surface area (TPSA) is 67.2 Å². The molecule has 0 aliphatic heterocycles. The second kappa shape index (κ2) is 4.67. The number of carboxylic acids is 1. The highest BCUT2D eigenvalue weighted by atomic mass is 16.4. The number of hydrogen-bond acceptors (Lipinski definition) is 3. The lowest BCUT2D eigenvalue weighted by Crippen LogP contribution is -2.42. The molecule has 2 N–H and O–H groups in total. The Balaban J connectivity index is 2.01. The molecule has 20 heavy (non-hydrogen) atoms. The summed E-state index contributed by atoms with van der Waals surface area (Å²) >= 11 is 0. The van der Waals surface area contributed by atoms with E-state index in [4.69, 9.17) is 0 Å². The number of benzene rings is 1. The van der Waals surface area contributed by atoms with Gasteiger partial charge in [0.1, 0.15) is 5.82 Å². The maximum Gasteiger partial charge on any atom is 0.314 e. The number of aromatic nitrogens is 2. The van der Waals surface area contributed by atoms with Gasteiger partial charge < -0.3 is 10.4 Å². The average Bonchev–Trinajstić information content (AvgIpc) is 2.75. The molecule has 2 aromatic rings. The van der Waals surface area contributed by atoms with Gasteiger partial charge in [-0.05, 0) is 24.5 Å². The Kier molecular flexibility index (Phi) is 2.97. The van der Waals surface area contributed by atoms with Gasteiger partial charge in [0.2, 0.25) is 0 Å². The maximum absolute atomic E-state index is 11.7. The summed E-state index contributed by atoms with van der Waals surface area (Å²) in [5, 5.41) is 17.0. The Morgan fingerprint density at radius 2 is 2.10 bits per heavy atom. The molecule has 0 bridgehead atoms. The summed E-state index contributed by atoms with van der Waals surface area (Å²) in [6, 6.07) is 9.51. The minimum atomic E-state index is -0.734. The molecule has 0 unspecified atom stereocenters. The van der Waals surface area contributed by atoms with Gasteiger partial charge in [0, 0.05) is 18.8 Å². The van der Waals surface area contributed by atoms with Gasteiger partial charge in [-0.15, -0.1) is 0 Å². The highest BCUT2D eigenvalue weighted by Gasteiger charge is 2.47. The van der Waals surface area contributed by atoms with Crippen molar-refractivity contribution >= 4 is 17.5 Å². The lowest BCUT2D eigenvalue weighted by atomic mass is 9.64. The number of carbonyl (C=O) groups is 1. The van der Waals surface area contributed by atoms with Crippen LogP contribution in [-0.2, 0) is 17.3 Å². The molecule has 5 nitrogen and oxygen atoms in total. The van der Waals surface area contributed by atoms with E-state index in [1.807, 2.05) is 37.4 Å². The van der Waals surface area contributed by atoms with E-state index in [-0.39, 0.29) is 0 Å². The summed E-state index contributed by atoms with van der Waals surface area (Å²) in [5.41, 5.74) is 0.973. The van der Waals surface area contributed by atoms with E-state index < -0.39 is 11.4 Å². The van der Waals surface area contributed by atoms with Crippen LogP contribution in [0.3, 0.4) is 0 Å². The number of para-hydroxylation sites is 1. The largest absolute Gasteiger partial charge is 0.481 e. The SMILES string of the molecule is Cn1nccc1Nc1ccccc1C1(C(=O)O)CCC1. The number of nitrogens with one attached hydrogen (secondary N) is 1. The summed E-state index contributed by atoms with van der Waals surface area (Å²) in [6.45, 7) is 0. The van der Waals surface area contributed by atoms with Crippen LogP contribution in [-0.4, -0.2) is 20.9 Å². The van der Waals surface area contributed by atoms with E-state index in [0.29, 0.717) is 12.8 Å². The van der Waals surface area contributed by atoms with Crippen LogP contribution in [0.2, 0.25) is 0 Å². The van der Waals surface area contributed by atoms with Crippen molar-refractivity contribution in [3.8, 4) is 0 Å². The minimum Gasteiger partial charge on any atom is -0.481 e. The molecular formula is C15H17N3O2. The van der Waals surface area contributed by atoms with Gasteiger partial charge in [-0.25, -0.2) is 0 Å². The zero-order valence-electron chi connectivity index (χ0n) is 11.3. The van der Waals surface area contributed by atoms with Crippen LogP contribution in [0.5, 0.6) is 0 Å². The second-order valence-electron chi connectivity index (χ2n) is 5.25. The number of anilines is 2. The lowest BCUT2D eigenvalue weighted by molar-refractivity contribution is -0.147. The number of aryl methyl sites for hydroxylation is 1. The Morgan fingerprint density at radius 1 is 1.35 bits per heavy atom. The Morgan fingerprint density at radius 3 is 2.65 bits per heavy atom. The van der Waals surface area contributed by atoms with Crippen LogP contribution < -0.4 is 5.32 Å². The molecule has 0 atom stereocenters. The molecule has 1 heterocycles. The van der Waals surface area contributed by atoms with E-state index in [9.17, 15) is 9.90 Å². The van der Waals surface area contributed by atoms with Gasteiger partial charge in [-0.3, -0.25) is 9.48 Å². The van der Waals surface area contributed by atoms with Crippen LogP contribution in [0.15, 0.2) is 36.5 Å². The predicted molar refractivity (Wildman–Crippen MR) is 76.1 cm³/mol. The van der Waals surface area contributed by atoms with E-state index in [1.54, 1.807) is 10.9 Å². The number of carboxylic acid groups (broad SMARTS) is 1. The van der Waals surface area contributed by atoms with E-state index >= 15 is 0 Å². The molecule has 0 spiro atoms. The fourth-order valence-corrected chi connectivity index (χ4v) is 2.77. The quantitative estimate of drug-likeness (QED) is 0.897. The Labute approximate surface area is 117 Å². The van der Waals surface area contributed by atoms with Crippen LogP contribution in [0.1, 0.15) is 24.8 Å². The molecule has 1 aliphatic rings. The summed E-state index contributed by atoms with van der Waals surface area (Å²) < 4.78 is 1.73. The fraction of sp³-hybridized carbons (Fsp3) is 0.333. The Bertz CT molecular complexity index is 644. The average molecular weight is 271 g/mol. The van der Waals surface area contributed by atoms with Gasteiger partial charge in [-0.1, -0.05) is 24.6 Å². The van der Waals surface area contributed by atoms with Crippen molar-refractivity contribution in [1.82, 2.24) is 9.78 Å². The van der Waals surface area contributed by atoms with Gasteiger partial charge in [0.15, 0.2) is 0 Å². The molecule has 5 heteroatoms. The molecule has 104 valence electrons. The molecule has 0 amide bonds. The molecular weight excluding hydrogens is 254 g/mol. The maximum atomic E-state index is 11.7. The molecule has 1 aromatic heterocycles. The zero-order valence-corrected chi connectivity index (χ0v) is 11.3. The van der Waals surface area contributed by atoms with Crippen molar-refractivity contribution in [3.05, 3.63) is 42.1 Å².